The molecule has 5 rings (SSSR count). The summed E-state index contributed by atoms with van der Waals surface area (Å²) < 4.78 is 1.61. The number of aromatic nitrogens is 3. The van der Waals surface area contributed by atoms with Crippen molar-refractivity contribution in [2.75, 3.05) is 19.6 Å². The average molecular weight is 495 g/mol. The number of primary amides is 1. The maximum Gasteiger partial charge on any atom is 0.288 e. The van der Waals surface area contributed by atoms with Crippen LogP contribution in [-0.4, -0.2) is 57.2 Å². The Hall–Kier alpha value is -4.30. The predicted molar refractivity (Wildman–Crippen MR) is 143 cm³/mol. The van der Waals surface area contributed by atoms with E-state index < -0.39 is 5.91 Å². The monoisotopic (exact) mass is 494 g/mol. The Balaban J connectivity index is 1.23. The maximum atomic E-state index is 12.8. The van der Waals surface area contributed by atoms with Crippen LogP contribution in [0.15, 0.2) is 72.8 Å². The molecule has 4 aromatic rings. The molecule has 1 aliphatic heterocycles. The summed E-state index contributed by atoms with van der Waals surface area (Å²) in [5.74, 6) is 0.0646. The van der Waals surface area contributed by atoms with E-state index in [1.807, 2.05) is 53.4 Å². The van der Waals surface area contributed by atoms with Gasteiger partial charge in [0.1, 0.15) is 5.82 Å². The van der Waals surface area contributed by atoms with Crippen LogP contribution >= 0.6 is 0 Å². The number of nitrogens with two attached hydrogens (primary N) is 1. The van der Waals surface area contributed by atoms with Gasteiger partial charge in [-0.05, 0) is 66.8 Å². The summed E-state index contributed by atoms with van der Waals surface area (Å²) in [5.41, 5.74) is 11.4. The highest BCUT2D eigenvalue weighted by molar-refractivity contribution is 5.94. The zero-order valence-electron chi connectivity index (χ0n) is 21.0. The van der Waals surface area contributed by atoms with Crippen molar-refractivity contribution in [1.82, 2.24) is 25.0 Å². The molecule has 0 radical (unpaired) electrons. The molecule has 1 atom stereocenters. The Bertz CT molecular complexity index is 1410. The molecule has 37 heavy (non-hydrogen) atoms. The van der Waals surface area contributed by atoms with Crippen molar-refractivity contribution in [2.24, 2.45) is 5.73 Å². The summed E-state index contributed by atoms with van der Waals surface area (Å²) in [4.78, 5) is 30.2. The second-order valence-electron chi connectivity index (χ2n) is 9.48. The summed E-state index contributed by atoms with van der Waals surface area (Å²) >= 11 is 0. The molecule has 2 heterocycles. The van der Waals surface area contributed by atoms with Gasteiger partial charge in [-0.25, -0.2) is 9.67 Å². The third-order valence-corrected chi connectivity index (χ3v) is 6.65. The zero-order chi connectivity index (χ0) is 25.9. The highest BCUT2D eigenvalue weighted by atomic mass is 16.2. The molecule has 0 bridgehead atoms. The first kappa shape index (κ1) is 24.4. The minimum absolute atomic E-state index is 0.0112. The van der Waals surface area contributed by atoms with Crippen LogP contribution in [0.2, 0.25) is 0 Å². The van der Waals surface area contributed by atoms with E-state index >= 15 is 0 Å². The van der Waals surface area contributed by atoms with E-state index in [4.69, 9.17) is 5.73 Å². The van der Waals surface area contributed by atoms with E-state index in [1.165, 1.54) is 5.56 Å². The number of nitrogens with one attached hydrogen (secondary N) is 1. The lowest BCUT2D eigenvalue weighted by Crippen LogP contribution is -2.51. The molecule has 0 saturated carbocycles. The first-order chi connectivity index (χ1) is 17.9. The van der Waals surface area contributed by atoms with Crippen LogP contribution in [-0.2, 0) is 6.42 Å². The molecule has 1 aliphatic rings. The molecule has 1 unspecified atom stereocenters. The van der Waals surface area contributed by atoms with Crippen molar-refractivity contribution >= 4 is 11.8 Å². The molecule has 0 spiro atoms. The van der Waals surface area contributed by atoms with E-state index in [2.05, 4.69) is 46.6 Å². The third kappa shape index (κ3) is 5.44. The topological polar surface area (TPSA) is 106 Å². The lowest BCUT2D eigenvalue weighted by atomic mass is 9.99. The van der Waals surface area contributed by atoms with Crippen LogP contribution in [0.1, 0.15) is 44.9 Å². The summed E-state index contributed by atoms with van der Waals surface area (Å²) in [5, 5.41) is 7.55. The number of nitrogens with zero attached hydrogens (tertiary/aromatic N) is 4. The van der Waals surface area contributed by atoms with Crippen molar-refractivity contribution in [3.63, 3.8) is 0 Å². The van der Waals surface area contributed by atoms with Crippen LogP contribution in [0.25, 0.3) is 16.8 Å². The number of amides is 2. The molecule has 1 saturated heterocycles. The molecular formula is C29H30N6O2. The maximum absolute atomic E-state index is 12.8. The van der Waals surface area contributed by atoms with Gasteiger partial charge in [-0.1, -0.05) is 48.5 Å². The van der Waals surface area contributed by atoms with Gasteiger partial charge in [0.2, 0.25) is 5.82 Å². The highest BCUT2D eigenvalue weighted by Crippen LogP contribution is 2.22. The first-order valence-corrected chi connectivity index (χ1v) is 12.4. The molecule has 1 aromatic heterocycles. The fourth-order valence-corrected chi connectivity index (χ4v) is 4.65. The second kappa shape index (κ2) is 10.4. The minimum atomic E-state index is -0.642. The standard InChI is InChI=1S/C29H30N6O2/c1-19-18-34(16-15-31-19)29(37)25-11-9-24(10-12-25)23-7-3-21(4-8-23)17-22-5-13-26(14-6-22)35-20(2)32-28(33-35)27(30)36/h3-14,19,31H,15-18H2,1-2H3,(H2,30,36). The molecule has 8 heteroatoms. The lowest BCUT2D eigenvalue weighted by molar-refractivity contribution is 0.0709. The number of benzene rings is 3. The van der Waals surface area contributed by atoms with E-state index in [-0.39, 0.29) is 11.7 Å². The fourth-order valence-electron chi connectivity index (χ4n) is 4.65. The Morgan fingerprint density at radius 1 is 0.946 bits per heavy atom. The minimum Gasteiger partial charge on any atom is -0.363 e. The molecule has 1 fully saturated rings. The largest absolute Gasteiger partial charge is 0.363 e. The van der Waals surface area contributed by atoms with Crippen LogP contribution in [0.5, 0.6) is 0 Å². The smallest absolute Gasteiger partial charge is 0.288 e. The Kier molecular flexibility index (Phi) is 6.83. The normalized spacial score (nSPS) is 15.5. The van der Waals surface area contributed by atoms with Gasteiger partial charge in [-0.15, -0.1) is 5.10 Å². The number of aryl methyl sites for hydroxylation is 1. The van der Waals surface area contributed by atoms with Gasteiger partial charge in [0, 0.05) is 31.2 Å². The van der Waals surface area contributed by atoms with Crippen LogP contribution in [0.4, 0.5) is 0 Å². The Morgan fingerprint density at radius 2 is 1.54 bits per heavy atom. The van der Waals surface area contributed by atoms with Crippen LogP contribution < -0.4 is 11.1 Å². The van der Waals surface area contributed by atoms with Crippen LogP contribution in [0.3, 0.4) is 0 Å². The summed E-state index contributed by atoms with van der Waals surface area (Å²) in [6, 6.07) is 24.7. The van der Waals surface area contributed by atoms with E-state index in [0.29, 0.717) is 11.9 Å². The number of rotatable bonds is 6. The molecule has 3 aromatic carbocycles. The molecular weight excluding hydrogens is 464 g/mol. The number of carbonyl (C=O) groups excluding carboxylic acids is 2. The summed E-state index contributed by atoms with van der Waals surface area (Å²) in [7, 11) is 0. The first-order valence-electron chi connectivity index (χ1n) is 12.4. The van der Waals surface area contributed by atoms with Gasteiger partial charge < -0.3 is 16.0 Å². The number of hydrogen-bond donors (Lipinski definition) is 2. The van der Waals surface area contributed by atoms with Gasteiger partial charge in [-0.2, -0.15) is 0 Å². The van der Waals surface area contributed by atoms with Gasteiger partial charge in [0.05, 0.1) is 5.69 Å². The van der Waals surface area contributed by atoms with Gasteiger partial charge in [0.15, 0.2) is 0 Å². The van der Waals surface area contributed by atoms with Crippen LogP contribution in [0, 0.1) is 6.92 Å². The predicted octanol–water partition coefficient (Wildman–Crippen LogP) is 3.37. The zero-order valence-corrected chi connectivity index (χ0v) is 21.0. The van der Waals surface area contributed by atoms with E-state index in [0.717, 1.165) is 54.0 Å². The molecule has 188 valence electrons. The number of carbonyl (C=O) groups is 2. The summed E-state index contributed by atoms with van der Waals surface area (Å²) in [6.45, 7) is 6.20. The van der Waals surface area contributed by atoms with Crippen molar-refractivity contribution in [3.8, 4) is 16.8 Å². The average Bonchev–Trinajstić information content (AvgIpc) is 3.31. The van der Waals surface area contributed by atoms with E-state index in [9.17, 15) is 9.59 Å². The lowest BCUT2D eigenvalue weighted by Gasteiger charge is -2.32. The fraction of sp³-hybridized carbons (Fsp3) is 0.241. The quantitative estimate of drug-likeness (QED) is 0.428. The van der Waals surface area contributed by atoms with Crippen molar-refractivity contribution in [2.45, 2.75) is 26.3 Å². The second-order valence-corrected chi connectivity index (χ2v) is 9.48. The number of hydrogen-bond acceptors (Lipinski definition) is 5. The summed E-state index contributed by atoms with van der Waals surface area (Å²) in [6.07, 6.45) is 0.792. The van der Waals surface area contributed by atoms with Gasteiger partial charge in [-0.3, -0.25) is 9.59 Å². The van der Waals surface area contributed by atoms with Crippen molar-refractivity contribution in [3.05, 3.63) is 101 Å². The van der Waals surface area contributed by atoms with Gasteiger partial charge in [0.25, 0.3) is 11.8 Å². The van der Waals surface area contributed by atoms with Gasteiger partial charge >= 0.3 is 0 Å². The van der Waals surface area contributed by atoms with Crippen molar-refractivity contribution in [1.29, 1.82) is 0 Å². The highest BCUT2D eigenvalue weighted by Gasteiger charge is 2.21. The van der Waals surface area contributed by atoms with Crippen molar-refractivity contribution < 1.29 is 9.59 Å². The third-order valence-electron chi connectivity index (χ3n) is 6.65. The SMILES string of the molecule is Cc1nc(C(N)=O)nn1-c1ccc(Cc2ccc(-c3ccc(C(=O)N4CCNC(C)C4)cc3)cc2)cc1. The molecule has 3 N–H and O–H groups in total. The molecule has 2 amide bonds. The Labute approximate surface area is 216 Å². The van der Waals surface area contributed by atoms with E-state index in [1.54, 1.807) is 11.6 Å². The number of piperazine rings is 1. The molecule has 8 nitrogen and oxygen atoms in total. The molecule has 0 aliphatic carbocycles. The Morgan fingerprint density at radius 3 is 2.11 bits per heavy atom.